The molecule has 0 bridgehead atoms. The van der Waals surface area contributed by atoms with Crippen LogP contribution < -0.4 is 0 Å². The summed E-state index contributed by atoms with van der Waals surface area (Å²) < 4.78 is 0. The van der Waals surface area contributed by atoms with Crippen LogP contribution in [0.25, 0.3) is 0 Å². The largest absolute Gasteiger partial charge is 0.0654 e. The average molecular weight is 590 g/mol. The van der Waals surface area contributed by atoms with Gasteiger partial charge in [0.1, 0.15) is 0 Å². The molecule has 0 aromatic heterocycles. The zero-order valence-electron chi connectivity index (χ0n) is 30.2. The average Bonchev–Trinajstić information content (AvgIpc) is 3.00. The van der Waals surface area contributed by atoms with E-state index in [1.807, 2.05) is 0 Å². The van der Waals surface area contributed by atoms with Crippen molar-refractivity contribution in [1.82, 2.24) is 0 Å². The molecule has 253 valence electrons. The highest BCUT2D eigenvalue weighted by Gasteiger charge is 2.06. The SMILES string of the molecule is [CH2]CC(CCCCCCCCCCCCCCCCCC)CCCCCCCCCCCCCCCCCCCCC. The minimum Gasteiger partial charge on any atom is -0.0654 e. The minimum atomic E-state index is 0.905. The number of hydrogen-bond donors (Lipinski definition) is 0. The molecule has 0 heterocycles. The van der Waals surface area contributed by atoms with Crippen molar-refractivity contribution in [3.05, 3.63) is 6.92 Å². The van der Waals surface area contributed by atoms with Crippen LogP contribution in [0.1, 0.15) is 258 Å². The lowest BCUT2D eigenvalue weighted by Gasteiger charge is -2.14. The molecule has 0 saturated carbocycles. The highest BCUT2D eigenvalue weighted by molar-refractivity contribution is 4.62. The van der Waals surface area contributed by atoms with Crippen LogP contribution in [0, 0.1) is 12.8 Å². The number of hydrogen-bond acceptors (Lipinski definition) is 0. The Bertz CT molecular complexity index is 439. The Balaban J connectivity index is 3.24. The van der Waals surface area contributed by atoms with Gasteiger partial charge in [-0.2, -0.15) is 0 Å². The summed E-state index contributed by atoms with van der Waals surface area (Å²) in [4.78, 5) is 0. The van der Waals surface area contributed by atoms with Crippen LogP contribution in [0.3, 0.4) is 0 Å². The van der Waals surface area contributed by atoms with Crippen molar-refractivity contribution in [3.8, 4) is 0 Å². The maximum absolute atomic E-state index is 4.28. The van der Waals surface area contributed by atoms with Crippen molar-refractivity contribution in [3.63, 3.8) is 0 Å². The minimum absolute atomic E-state index is 0.905. The van der Waals surface area contributed by atoms with E-state index >= 15 is 0 Å². The number of rotatable bonds is 38. The third-order valence-electron chi connectivity index (χ3n) is 10.1. The van der Waals surface area contributed by atoms with Gasteiger partial charge in [0.2, 0.25) is 0 Å². The Morgan fingerprint density at radius 3 is 0.595 bits per heavy atom. The summed E-state index contributed by atoms with van der Waals surface area (Å²) in [6, 6.07) is 0. The van der Waals surface area contributed by atoms with Gasteiger partial charge in [-0.3, -0.25) is 0 Å². The van der Waals surface area contributed by atoms with Gasteiger partial charge in [0.05, 0.1) is 0 Å². The first-order valence-corrected chi connectivity index (χ1v) is 20.6. The summed E-state index contributed by atoms with van der Waals surface area (Å²) in [5.41, 5.74) is 0. The molecule has 0 aliphatic heterocycles. The first kappa shape index (κ1) is 42.0. The predicted octanol–water partition coefficient (Wildman–Crippen LogP) is 16.3. The second-order valence-electron chi connectivity index (χ2n) is 14.4. The predicted molar refractivity (Wildman–Crippen MR) is 196 cm³/mol. The molecule has 0 N–H and O–H groups in total. The van der Waals surface area contributed by atoms with E-state index in [1.165, 1.54) is 238 Å². The lowest BCUT2D eigenvalue weighted by atomic mass is 9.92. The van der Waals surface area contributed by atoms with E-state index in [0.29, 0.717) is 0 Å². The van der Waals surface area contributed by atoms with Crippen LogP contribution in [-0.2, 0) is 0 Å². The molecule has 1 radical (unpaired) electrons. The van der Waals surface area contributed by atoms with Gasteiger partial charge in [0.25, 0.3) is 0 Å². The van der Waals surface area contributed by atoms with Crippen LogP contribution >= 0.6 is 0 Å². The molecule has 0 spiro atoms. The summed E-state index contributed by atoms with van der Waals surface area (Å²) >= 11 is 0. The lowest BCUT2D eigenvalue weighted by Crippen LogP contribution is -1.99. The third-order valence-corrected chi connectivity index (χ3v) is 10.1. The van der Waals surface area contributed by atoms with Gasteiger partial charge in [0.15, 0.2) is 0 Å². The second kappa shape index (κ2) is 39.0. The van der Waals surface area contributed by atoms with Crippen LogP contribution in [0.2, 0.25) is 0 Å². The molecular formula is C42H85. The van der Waals surface area contributed by atoms with Gasteiger partial charge < -0.3 is 0 Å². The van der Waals surface area contributed by atoms with Gasteiger partial charge in [-0.25, -0.2) is 0 Å². The molecule has 0 amide bonds. The van der Waals surface area contributed by atoms with Crippen LogP contribution in [0.4, 0.5) is 0 Å². The van der Waals surface area contributed by atoms with E-state index in [2.05, 4.69) is 20.8 Å². The van der Waals surface area contributed by atoms with E-state index in [4.69, 9.17) is 0 Å². The fourth-order valence-corrected chi connectivity index (χ4v) is 6.93. The summed E-state index contributed by atoms with van der Waals surface area (Å²) in [6.07, 6.45) is 55.5. The highest BCUT2D eigenvalue weighted by atomic mass is 14.1. The normalized spacial score (nSPS) is 12.4. The van der Waals surface area contributed by atoms with Gasteiger partial charge in [0, 0.05) is 0 Å². The second-order valence-corrected chi connectivity index (χ2v) is 14.4. The quantitative estimate of drug-likeness (QED) is 0.0628. The molecule has 1 unspecified atom stereocenters. The van der Waals surface area contributed by atoms with Crippen molar-refractivity contribution in [2.45, 2.75) is 258 Å². The smallest absolute Gasteiger partial charge is 0.0414 e. The molecule has 42 heavy (non-hydrogen) atoms. The Morgan fingerprint density at radius 1 is 0.262 bits per heavy atom. The summed E-state index contributed by atoms with van der Waals surface area (Å²) in [6.45, 7) is 8.90. The maximum atomic E-state index is 4.28. The van der Waals surface area contributed by atoms with E-state index < -0.39 is 0 Å². The zero-order chi connectivity index (χ0) is 30.4. The number of unbranched alkanes of at least 4 members (excludes halogenated alkanes) is 33. The van der Waals surface area contributed by atoms with Crippen molar-refractivity contribution in [2.24, 2.45) is 5.92 Å². The van der Waals surface area contributed by atoms with Gasteiger partial charge in [-0.1, -0.05) is 265 Å². The fourth-order valence-electron chi connectivity index (χ4n) is 6.93. The third kappa shape index (κ3) is 36.2. The Kier molecular flexibility index (Phi) is 39.0. The standard InChI is InChI=1S/C42H85/c1-4-7-9-11-13-15-17-19-21-23-24-25-27-29-31-33-35-37-39-41-42(6-3)40-38-36-34-32-30-28-26-22-20-18-16-14-12-10-8-5-2/h42H,3-41H2,1-2H3. The van der Waals surface area contributed by atoms with E-state index in [1.54, 1.807) is 0 Å². The fraction of sp³-hybridized carbons (Fsp3) is 0.976. The van der Waals surface area contributed by atoms with Crippen molar-refractivity contribution < 1.29 is 0 Å². The maximum Gasteiger partial charge on any atom is -0.0414 e. The molecule has 0 aliphatic carbocycles. The molecule has 0 saturated heterocycles. The monoisotopic (exact) mass is 590 g/mol. The van der Waals surface area contributed by atoms with Crippen LogP contribution in [0.5, 0.6) is 0 Å². The van der Waals surface area contributed by atoms with E-state index in [0.717, 1.165) is 12.3 Å². The van der Waals surface area contributed by atoms with Crippen molar-refractivity contribution >= 4 is 0 Å². The van der Waals surface area contributed by atoms with Crippen LogP contribution in [0.15, 0.2) is 0 Å². The summed E-state index contributed by atoms with van der Waals surface area (Å²) in [7, 11) is 0. The van der Waals surface area contributed by atoms with Crippen LogP contribution in [-0.4, -0.2) is 0 Å². The molecule has 0 rings (SSSR count). The molecular weight excluding hydrogens is 504 g/mol. The molecule has 0 aliphatic rings. The van der Waals surface area contributed by atoms with E-state index in [-0.39, 0.29) is 0 Å². The summed E-state index contributed by atoms with van der Waals surface area (Å²) in [5, 5.41) is 0. The zero-order valence-corrected chi connectivity index (χ0v) is 30.2. The highest BCUT2D eigenvalue weighted by Crippen LogP contribution is 2.22. The Morgan fingerprint density at radius 2 is 0.429 bits per heavy atom. The molecule has 0 aromatic rings. The molecule has 0 heteroatoms. The van der Waals surface area contributed by atoms with Gasteiger partial charge in [-0.05, 0) is 5.92 Å². The molecule has 1 atom stereocenters. The lowest BCUT2D eigenvalue weighted by molar-refractivity contribution is 0.404. The molecule has 0 nitrogen and oxygen atoms in total. The molecule has 0 fully saturated rings. The van der Waals surface area contributed by atoms with Gasteiger partial charge in [-0.15, -0.1) is 0 Å². The first-order valence-electron chi connectivity index (χ1n) is 20.6. The topological polar surface area (TPSA) is 0 Å². The van der Waals surface area contributed by atoms with Crippen molar-refractivity contribution in [2.75, 3.05) is 0 Å². The molecule has 0 aromatic carbocycles. The Labute approximate surface area is 270 Å². The Hall–Kier alpha value is 0. The van der Waals surface area contributed by atoms with Gasteiger partial charge >= 0.3 is 0 Å². The summed E-state index contributed by atoms with van der Waals surface area (Å²) in [5.74, 6) is 0.905. The first-order chi connectivity index (χ1) is 20.8. The van der Waals surface area contributed by atoms with Crippen molar-refractivity contribution in [1.29, 1.82) is 0 Å². The van der Waals surface area contributed by atoms with E-state index in [9.17, 15) is 0 Å².